The first-order chi connectivity index (χ1) is 16.3. The number of carbonyl (C=O) groups excluding carboxylic acids is 1. The molecule has 3 aromatic rings. The first-order valence-electron chi connectivity index (χ1n) is 10.8. The van der Waals surface area contributed by atoms with Crippen molar-refractivity contribution < 1.29 is 17.9 Å². The van der Waals surface area contributed by atoms with Crippen molar-refractivity contribution >= 4 is 50.0 Å². The lowest BCUT2D eigenvalue weighted by molar-refractivity contribution is -0.144. The summed E-state index contributed by atoms with van der Waals surface area (Å²) in [5, 5.41) is 7.03. The van der Waals surface area contributed by atoms with E-state index < -0.39 is 33.7 Å². The molecule has 5 rings (SSSR count). The second-order valence-corrected chi connectivity index (χ2v) is 11.6. The smallest absolute Gasteiger partial charge is 0.324 e. The molecule has 3 atom stereocenters. The van der Waals surface area contributed by atoms with Crippen LogP contribution in [-0.4, -0.2) is 38.0 Å². The lowest BCUT2D eigenvalue weighted by Crippen LogP contribution is -2.51. The molecule has 7 nitrogen and oxygen atoms in total. The molecule has 1 saturated heterocycles. The van der Waals surface area contributed by atoms with E-state index in [1.165, 1.54) is 11.4 Å². The molecule has 2 heterocycles. The highest BCUT2D eigenvalue weighted by molar-refractivity contribution is 14.1. The van der Waals surface area contributed by atoms with Crippen LogP contribution in [0.3, 0.4) is 0 Å². The second kappa shape index (κ2) is 8.54. The second-order valence-electron chi connectivity index (χ2n) is 8.56. The van der Waals surface area contributed by atoms with Crippen molar-refractivity contribution in [2.75, 3.05) is 17.7 Å². The molecule has 176 valence electrons. The predicted molar refractivity (Wildman–Crippen MR) is 139 cm³/mol. The van der Waals surface area contributed by atoms with Crippen molar-refractivity contribution in [3.8, 4) is 0 Å². The number of carbonyl (C=O) groups is 1. The van der Waals surface area contributed by atoms with Crippen molar-refractivity contribution in [2.45, 2.75) is 36.0 Å². The van der Waals surface area contributed by atoms with Gasteiger partial charge in [-0.25, -0.2) is 8.42 Å². The summed E-state index contributed by atoms with van der Waals surface area (Å²) >= 11 is 2.25. The van der Waals surface area contributed by atoms with Crippen LogP contribution in [0.4, 0.5) is 11.4 Å². The van der Waals surface area contributed by atoms with E-state index in [9.17, 15) is 13.2 Å². The van der Waals surface area contributed by atoms with Gasteiger partial charge in [0.1, 0.15) is 17.7 Å². The van der Waals surface area contributed by atoms with Crippen LogP contribution in [0.1, 0.15) is 17.5 Å². The molecular weight excluding hydrogens is 565 g/mol. The lowest BCUT2D eigenvalue weighted by Gasteiger charge is -2.34. The zero-order valence-corrected chi connectivity index (χ0v) is 21.6. The van der Waals surface area contributed by atoms with Gasteiger partial charge in [0.15, 0.2) is 0 Å². The SMILES string of the molecule is COC(=O)[C@H]1C[C@]2(Nc3ccccc3I)c3ccccc3N[C@@H]2N1S(=O)(=O)c1ccc(C)cc1. The number of fused-ring (bicyclic) bond motifs is 3. The van der Waals surface area contributed by atoms with Crippen LogP contribution in [0.25, 0.3) is 0 Å². The summed E-state index contributed by atoms with van der Waals surface area (Å²) in [7, 11) is -2.76. The monoisotopic (exact) mass is 589 g/mol. The third-order valence-corrected chi connectivity index (χ3v) is 9.37. The van der Waals surface area contributed by atoms with Gasteiger partial charge in [-0.15, -0.1) is 0 Å². The predicted octanol–water partition coefficient (Wildman–Crippen LogP) is 4.29. The highest BCUT2D eigenvalue weighted by atomic mass is 127. The van der Waals surface area contributed by atoms with Crippen molar-refractivity contribution in [1.29, 1.82) is 0 Å². The molecule has 0 radical (unpaired) electrons. The van der Waals surface area contributed by atoms with Crippen LogP contribution in [0.15, 0.2) is 77.7 Å². The largest absolute Gasteiger partial charge is 0.468 e. The van der Waals surface area contributed by atoms with E-state index in [2.05, 4.69) is 33.2 Å². The maximum absolute atomic E-state index is 14.0. The number of methoxy groups -OCH3 is 1. The van der Waals surface area contributed by atoms with Gasteiger partial charge in [0.25, 0.3) is 0 Å². The van der Waals surface area contributed by atoms with Gasteiger partial charge in [-0.1, -0.05) is 48.0 Å². The fourth-order valence-corrected chi connectivity index (χ4v) is 7.20. The number of sulfonamides is 1. The van der Waals surface area contributed by atoms with E-state index in [-0.39, 0.29) is 11.3 Å². The number of rotatable bonds is 5. The zero-order chi connectivity index (χ0) is 24.1. The minimum absolute atomic E-state index is 0.134. The van der Waals surface area contributed by atoms with Gasteiger partial charge in [-0.2, -0.15) is 4.31 Å². The third kappa shape index (κ3) is 3.57. The van der Waals surface area contributed by atoms with Gasteiger partial charge < -0.3 is 15.4 Å². The summed E-state index contributed by atoms with van der Waals surface area (Å²) in [4.78, 5) is 13.1. The Morgan fingerprint density at radius 3 is 2.47 bits per heavy atom. The van der Waals surface area contributed by atoms with Gasteiger partial charge in [0.2, 0.25) is 10.0 Å². The van der Waals surface area contributed by atoms with Crippen molar-refractivity contribution in [3.05, 3.63) is 87.5 Å². The maximum atomic E-state index is 14.0. The number of benzene rings is 3. The van der Waals surface area contributed by atoms with Crippen molar-refractivity contribution in [1.82, 2.24) is 4.31 Å². The van der Waals surface area contributed by atoms with E-state index in [4.69, 9.17) is 4.74 Å². The van der Waals surface area contributed by atoms with Crippen LogP contribution in [0.5, 0.6) is 0 Å². The molecule has 0 spiro atoms. The molecular formula is C25H24IN3O4S. The number of para-hydroxylation sites is 2. The summed E-state index contributed by atoms with van der Waals surface area (Å²) in [6.07, 6.45) is -0.527. The Morgan fingerprint density at radius 2 is 1.76 bits per heavy atom. The summed E-state index contributed by atoms with van der Waals surface area (Å²) in [5.41, 5.74) is 2.68. The van der Waals surface area contributed by atoms with E-state index >= 15 is 0 Å². The molecule has 2 N–H and O–H groups in total. The van der Waals surface area contributed by atoms with Crippen LogP contribution in [0, 0.1) is 10.5 Å². The number of anilines is 2. The van der Waals surface area contributed by atoms with Gasteiger partial charge in [0, 0.05) is 26.9 Å². The van der Waals surface area contributed by atoms with Gasteiger partial charge in [-0.05, 0) is 59.8 Å². The molecule has 0 aromatic heterocycles. The fraction of sp³-hybridized carbons (Fsp3) is 0.240. The fourth-order valence-electron chi connectivity index (χ4n) is 4.94. The number of nitrogens with zero attached hydrogens (tertiary/aromatic N) is 1. The topological polar surface area (TPSA) is 87.7 Å². The van der Waals surface area contributed by atoms with Crippen LogP contribution < -0.4 is 10.6 Å². The third-order valence-electron chi connectivity index (χ3n) is 6.54. The Bertz CT molecular complexity index is 1360. The first kappa shape index (κ1) is 23.1. The highest BCUT2D eigenvalue weighted by Crippen LogP contribution is 2.53. The normalized spacial score (nSPS) is 23.6. The van der Waals surface area contributed by atoms with E-state index in [1.54, 1.807) is 24.3 Å². The first-order valence-corrected chi connectivity index (χ1v) is 13.4. The number of hydrogen-bond acceptors (Lipinski definition) is 6. The highest BCUT2D eigenvalue weighted by Gasteiger charge is 2.63. The molecule has 3 aromatic carbocycles. The average molecular weight is 589 g/mol. The Balaban J connectivity index is 1.69. The number of halogens is 1. The molecule has 0 unspecified atom stereocenters. The Labute approximate surface area is 212 Å². The van der Waals surface area contributed by atoms with Gasteiger partial charge >= 0.3 is 5.97 Å². The molecule has 1 fully saturated rings. The summed E-state index contributed by atoms with van der Waals surface area (Å²) in [5.74, 6) is -0.590. The lowest BCUT2D eigenvalue weighted by atomic mass is 9.86. The molecule has 0 bridgehead atoms. The summed E-state index contributed by atoms with van der Waals surface area (Å²) < 4.78 is 35.3. The molecule has 2 aliphatic heterocycles. The van der Waals surface area contributed by atoms with Gasteiger partial charge in [-0.3, -0.25) is 4.79 Å². The molecule has 9 heteroatoms. The van der Waals surface area contributed by atoms with E-state index in [0.717, 1.165) is 26.1 Å². The standard InChI is InChI=1S/C25H24IN3O4S/c1-16-11-13-17(14-12-16)34(31,32)29-22(23(30)33-2)15-25(28-21-10-6-4-8-19(21)26)18-7-3-5-9-20(18)27-24(25)29/h3-14,22,24,27-28H,15H2,1-2H3/t22-,24-,25+/m1/s1. The van der Waals surface area contributed by atoms with E-state index in [1.807, 2.05) is 55.5 Å². The number of esters is 1. The van der Waals surface area contributed by atoms with Crippen LogP contribution >= 0.6 is 22.6 Å². The minimum Gasteiger partial charge on any atom is -0.468 e. The molecule has 34 heavy (non-hydrogen) atoms. The quantitative estimate of drug-likeness (QED) is 0.341. The number of ether oxygens (including phenoxy) is 1. The van der Waals surface area contributed by atoms with E-state index in [0.29, 0.717) is 0 Å². The van der Waals surface area contributed by atoms with Crippen molar-refractivity contribution in [3.63, 3.8) is 0 Å². The Kier molecular flexibility index (Phi) is 5.81. The molecule has 0 saturated carbocycles. The molecule has 0 aliphatic carbocycles. The van der Waals surface area contributed by atoms with Gasteiger partial charge in [0.05, 0.1) is 12.0 Å². The average Bonchev–Trinajstić information content (AvgIpc) is 3.31. The summed E-state index contributed by atoms with van der Waals surface area (Å²) in [6, 6.07) is 21.2. The number of aryl methyl sites for hydroxylation is 1. The maximum Gasteiger partial charge on any atom is 0.324 e. The van der Waals surface area contributed by atoms with Crippen molar-refractivity contribution in [2.24, 2.45) is 0 Å². The number of hydrogen-bond donors (Lipinski definition) is 2. The molecule has 0 amide bonds. The van der Waals surface area contributed by atoms with Crippen LogP contribution in [-0.2, 0) is 25.1 Å². The Morgan fingerprint density at radius 1 is 1.09 bits per heavy atom. The number of nitrogens with one attached hydrogen (secondary N) is 2. The zero-order valence-electron chi connectivity index (χ0n) is 18.7. The summed E-state index contributed by atoms with van der Waals surface area (Å²) in [6.45, 7) is 1.90. The minimum atomic E-state index is -4.04. The molecule has 2 aliphatic rings. The van der Waals surface area contributed by atoms with Crippen LogP contribution in [0.2, 0.25) is 0 Å². The Hall–Kier alpha value is -2.63.